The topological polar surface area (TPSA) is 121 Å². The van der Waals surface area contributed by atoms with Gasteiger partial charge in [0.1, 0.15) is 11.6 Å². The average molecular weight is 394 g/mol. The lowest BCUT2D eigenvalue weighted by Gasteiger charge is -2.12. The second kappa shape index (κ2) is 7.04. The third kappa shape index (κ3) is 3.11. The molecule has 0 bridgehead atoms. The molecular formula is C18H18N8OS. The smallest absolute Gasteiger partial charge is 0.258 e. The number of nitrogen functional groups attached to an aromatic ring is 1. The van der Waals surface area contributed by atoms with Crippen molar-refractivity contribution in [1.82, 2.24) is 29.9 Å². The third-order valence-corrected chi connectivity index (χ3v) is 5.53. The Morgan fingerprint density at radius 2 is 2.11 bits per heavy atom. The van der Waals surface area contributed by atoms with Gasteiger partial charge in [-0.05, 0) is 25.0 Å². The first-order valence-electron chi connectivity index (χ1n) is 9.08. The van der Waals surface area contributed by atoms with E-state index < -0.39 is 0 Å². The van der Waals surface area contributed by atoms with Gasteiger partial charge >= 0.3 is 0 Å². The van der Waals surface area contributed by atoms with Crippen LogP contribution in [0.2, 0.25) is 0 Å². The zero-order chi connectivity index (χ0) is 18.9. The molecule has 0 unspecified atom stereocenters. The second-order valence-electron chi connectivity index (χ2n) is 6.65. The number of rotatable bonds is 5. The molecule has 0 spiro atoms. The maximum absolute atomic E-state index is 6.22. The highest BCUT2D eigenvalue weighted by molar-refractivity contribution is 7.12. The van der Waals surface area contributed by atoms with E-state index in [0.29, 0.717) is 34.3 Å². The highest BCUT2D eigenvalue weighted by Crippen LogP contribution is 2.29. The summed E-state index contributed by atoms with van der Waals surface area (Å²) in [5.74, 6) is 2.03. The van der Waals surface area contributed by atoms with Crippen LogP contribution in [0.15, 0.2) is 40.6 Å². The summed E-state index contributed by atoms with van der Waals surface area (Å²) < 4.78 is 7.02. The highest BCUT2D eigenvalue weighted by Gasteiger charge is 2.19. The van der Waals surface area contributed by atoms with Crippen LogP contribution < -0.4 is 11.1 Å². The van der Waals surface area contributed by atoms with Gasteiger partial charge in [-0.3, -0.25) is 0 Å². The molecule has 0 aliphatic heterocycles. The second-order valence-corrected chi connectivity index (χ2v) is 7.52. The first kappa shape index (κ1) is 16.9. The number of thiazole rings is 1. The van der Waals surface area contributed by atoms with E-state index in [1.54, 1.807) is 23.3 Å². The van der Waals surface area contributed by atoms with Crippen molar-refractivity contribution < 1.29 is 4.52 Å². The zero-order valence-corrected chi connectivity index (χ0v) is 15.8. The van der Waals surface area contributed by atoms with E-state index in [2.05, 4.69) is 30.5 Å². The molecule has 0 atom stereocenters. The van der Waals surface area contributed by atoms with Crippen molar-refractivity contribution >= 4 is 23.0 Å². The lowest BCUT2D eigenvalue weighted by Crippen LogP contribution is -2.15. The summed E-state index contributed by atoms with van der Waals surface area (Å²) in [4.78, 5) is 13.1. The highest BCUT2D eigenvalue weighted by atomic mass is 32.1. The van der Waals surface area contributed by atoms with Crippen molar-refractivity contribution in [2.24, 2.45) is 0 Å². The van der Waals surface area contributed by atoms with Crippen molar-refractivity contribution in [3.63, 3.8) is 0 Å². The Morgan fingerprint density at radius 1 is 1.21 bits per heavy atom. The normalized spacial score (nSPS) is 14.6. The summed E-state index contributed by atoms with van der Waals surface area (Å²) in [6, 6.07) is 4.26. The van der Waals surface area contributed by atoms with E-state index in [-0.39, 0.29) is 0 Å². The molecular weight excluding hydrogens is 376 g/mol. The van der Waals surface area contributed by atoms with E-state index >= 15 is 0 Å². The predicted octanol–water partition coefficient (Wildman–Crippen LogP) is 3.38. The SMILES string of the molecule is Nc1c(-c2noc(-c3ccnc(NC4CCCC4)c3)n2)cnn1-c1nccs1. The summed E-state index contributed by atoms with van der Waals surface area (Å²) in [6.45, 7) is 0. The Labute approximate surface area is 164 Å². The van der Waals surface area contributed by atoms with Crippen LogP contribution in [0.5, 0.6) is 0 Å². The van der Waals surface area contributed by atoms with Crippen LogP contribution in [-0.2, 0) is 0 Å². The van der Waals surface area contributed by atoms with Gasteiger partial charge in [-0.15, -0.1) is 11.3 Å². The molecule has 9 nitrogen and oxygen atoms in total. The van der Waals surface area contributed by atoms with Crippen LogP contribution in [0.3, 0.4) is 0 Å². The van der Waals surface area contributed by atoms with Crippen LogP contribution >= 0.6 is 11.3 Å². The van der Waals surface area contributed by atoms with E-state index in [1.807, 2.05) is 17.5 Å². The van der Waals surface area contributed by atoms with Crippen molar-refractivity contribution in [1.29, 1.82) is 0 Å². The Kier molecular flexibility index (Phi) is 4.24. The van der Waals surface area contributed by atoms with Gasteiger partial charge in [-0.1, -0.05) is 18.0 Å². The molecule has 28 heavy (non-hydrogen) atoms. The number of aromatic nitrogens is 6. The van der Waals surface area contributed by atoms with Crippen molar-refractivity contribution in [2.75, 3.05) is 11.1 Å². The number of anilines is 2. The maximum Gasteiger partial charge on any atom is 0.258 e. The minimum atomic E-state index is 0.387. The molecule has 3 N–H and O–H groups in total. The molecule has 0 amide bonds. The molecule has 1 fully saturated rings. The Bertz CT molecular complexity index is 1080. The standard InChI is InChI=1S/C18H18N8OS/c19-15-13(10-22-26(15)18-21-7-8-28-18)16-24-17(27-25-16)11-5-6-20-14(9-11)23-12-3-1-2-4-12/h5-10,12H,1-4,19H2,(H,20,23). The van der Waals surface area contributed by atoms with Crippen LogP contribution in [0.1, 0.15) is 25.7 Å². The molecule has 4 aromatic heterocycles. The number of nitrogens with zero attached hydrogens (tertiary/aromatic N) is 6. The van der Waals surface area contributed by atoms with Crippen molar-refractivity contribution in [3.05, 3.63) is 36.1 Å². The molecule has 4 heterocycles. The summed E-state index contributed by atoms with van der Waals surface area (Å²) in [5.41, 5.74) is 7.62. The summed E-state index contributed by atoms with van der Waals surface area (Å²) in [7, 11) is 0. The first-order chi connectivity index (χ1) is 13.8. The van der Waals surface area contributed by atoms with Gasteiger partial charge in [-0.25, -0.2) is 9.97 Å². The van der Waals surface area contributed by atoms with Crippen LogP contribution in [0.25, 0.3) is 28.0 Å². The Morgan fingerprint density at radius 3 is 2.93 bits per heavy atom. The van der Waals surface area contributed by atoms with Gasteiger partial charge in [0.25, 0.3) is 5.89 Å². The molecule has 1 aliphatic rings. The number of hydrogen-bond donors (Lipinski definition) is 2. The largest absolute Gasteiger partial charge is 0.383 e. The minimum Gasteiger partial charge on any atom is -0.383 e. The lowest BCUT2D eigenvalue weighted by atomic mass is 10.2. The third-order valence-electron chi connectivity index (χ3n) is 4.79. The predicted molar refractivity (Wildman–Crippen MR) is 106 cm³/mol. The van der Waals surface area contributed by atoms with Gasteiger partial charge in [0.05, 0.1) is 11.8 Å². The lowest BCUT2D eigenvalue weighted by molar-refractivity contribution is 0.432. The quantitative estimate of drug-likeness (QED) is 0.528. The van der Waals surface area contributed by atoms with Crippen LogP contribution in [-0.4, -0.2) is 35.9 Å². The molecule has 10 heteroatoms. The molecule has 0 saturated heterocycles. The molecule has 4 aromatic rings. The van der Waals surface area contributed by atoms with Crippen LogP contribution in [0, 0.1) is 0 Å². The maximum atomic E-state index is 6.22. The number of hydrogen-bond acceptors (Lipinski definition) is 9. The molecule has 0 aromatic carbocycles. The van der Waals surface area contributed by atoms with Gasteiger partial charge in [0.15, 0.2) is 0 Å². The van der Waals surface area contributed by atoms with Gasteiger partial charge in [0, 0.05) is 29.4 Å². The van der Waals surface area contributed by atoms with E-state index in [9.17, 15) is 0 Å². The number of pyridine rings is 1. The number of nitrogens with two attached hydrogens (primary N) is 1. The molecule has 1 saturated carbocycles. The van der Waals surface area contributed by atoms with Crippen molar-refractivity contribution in [2.45, 2.75) is 31.7 Å². The fraction of sp³-hybridized carbons (Fsp3) is 0.278. The Hall–Kier alpha value is -3.27. The fourth-order valence-corrected chi connectivity index (χ4v) is 3.99. The zero-order valence-electron chi connectivity index (χ0n) is 14.9. The van der Waals surface area contributed by atoms with Gasteiger partial charge in [-0.2, -0.15) is 14.8 Å². The van der Waals surface area contributed by atoms with Crippen molar-refractivity contribution in [3.8, 4) is 28.0 Å². The average Bonchev–Trinajstić information content (AvgIpc) is 3.49. The van der Waals surface area contributed by atoms with E-state index in [1.165, 1.54) is 37.0 Å². The summed E-state index contributed by atoms with van der Waals surface area (Å²) in [5, 5.41) is 14.4. The fourth-order valence-electron chi connectivity index (χ4n) is 3.38. The summed E-state index contributed by atoms with van der Waals surface area (Å²) >= 11 is 1.45. The first-order valence-corrected chi connectivity index (χ1v) is 9.96. The molecule has 1 aliphatic carbocycles. The Balaban J connectivity index is 1.41. The molecule has 0 radical (unpaired) electrons. The van der Waals surface area contributed by atoms with Gasteiger partial charge in [0.2, 0.25) is 11.0 Å². The van der Waals surface area contributed by atoms with Gasteiger partial charge < -0.3 is 15.6 Å². The van der Waals surface area contributed by atoms with E-state index in [4.69, 9.17) is 10.3 Å². The minimum absolute atomic E-state index is 0.387. The molecule has 142 valence electrons. The molecule has 5 rings (SSSR count). The number of nitrogens with one attached hydrogen (secondary N) is 1. The monoisotopic (exact) mass is 394 g/mol. The van der Waals surface area contributed by atoms with E-state index in [0.717, 1.165) is 11.4 Å². The summed E-state index contributed by atoms with van der Waals surface area (Å²) in [6.07, 6.45) is 9.95. The van der Waals surface area contributed by atoms with Crippen LogP contribution in [0.4, 0.5) is 11.6 Å².